The molecule has 0 aliphatic heterocycles. The average Bonchev–Trinajstić information content (AvgIpc) is 2.28. The first-order chi connectivity index (χ1) is 8.49. The number of phenols is 1. The molecular formula is C16H24ClNO. The Labute approximate surface area is 122 Å². The highest BCUT2D eigenvalue weighted by Gasteiger charge is 2.04. The first-order valence-electron chi connectivity index (χ1n) is 6.29. The Morgan fingerprint density at radius 1 is 1.05 bits per heavy atom. The van der Waals surface area contributed by atoms with Gasteiger partial charge in [0, 0.05) is 24.8 Å². The van der Waals surface area contributed by atoms with Gasteiger partial charge in [-0.25, -0.2) is 0 Å². The number of nitrogens with zero attached hydrogens (tertiary/aromatic N) is 1. The second-order valence-corrected chi connectivity index (χ2v) is 4.99. The van der Waals surface area contributed by atoms with Crippen LogP contribution in [0, 0.1) is 0 Å². The minimum atomic E-state index is 0. The first-order valence-corrected chi connectivity index (χ1v) is 6.29. The Hall–Kier alpha value is -1.41. The van der Waals surface area contributed by atoms with Crippen molar-refractivity contribution in [3.05, 3.63) is 47.6 Å². The lowest BCUT2D eigenvalue weighted by Crippen LogP contribution is -2.23. The fourth-order valence-electron chi connectivity index (χ4n) is 1.56. The fourth-order valence-corrected chi connectivity index (χ4v) is 1.56. The molecule has 106 valence electrons. The van der Waals surface area contributed by atoms with Crippen molar-refractivity contribution < 1.29 is 5.11 Å². The second-order valence-electron chi connectivity index (χ2n) is 4.99. The number of phenolic OH excluding ortho intramolecular Hbond substituents is 1. The average molecular weight is 282 g/mol. The maximum Gasteiger partial charge on any atom is 0.117 e. The Morgan fingerprint density at radius 2 is 1.58 bits per heavy atom. The van der Waals surface area contributed by atoms with Crippen molar-refractivity contribution in [2.45, 2.75) is 27.7 Å². The van der Waals surface area contributed by atoms with Crippen LogP contribution in [0.2, 0.25) is 0 Å². The summed E-state index contributed by atoms with van der Waals surface area (Å²) in [7, 11) is 0. The highest BCUT2D eigenvalue weighted by atomic mass is 35.5. The van der Waals surface area contributed by atoms with Gasteiger partial charge in [-0.1, -0.05) is 29.4 Å². The van der Waals surface area contributed by atoms with Gasteiger partial charge in [-0.3, -0.25) is 0 Å². The number of aromatic hydroxyl groups is 1. The third kappa shape index (κ3) is 6.92. The SMILES string of the molecule is CC(C)=CCN(CC=C(C)C)c1cccc(O)c1.Cl. The molecular weight excluding hydrogens is 258 g/mol. The van der Waals surface area contributed by atoms with E-state index >= 15 is 0 Å². The van der Waals surface area contributed by atoms with Gasteiger partial charge in [0.15, 0.2) is 0 Å². The summed E-state index contributed by atoms with van der Waals surface area (Å²) in [5.74, 6) is 0.312. The molecule has 2 nitrogen and oxygen atoms in total. The van der Waals surface area contributed by atoms with E-state index in [2.05, 4.69) is 44.7 Å². The van der Waals surface area contributed by atoms with Gasteiger partial charge in [-0.2, -0.15) is 0 Å². The van der Waals surface area contributed by atoms with Crippen molar-refractivity contribution in [2.75, 3.05) is 18.0 Å². The highest BCUT2D eigenvalue weighted by Crippen LogP contribution is 2.20. The molecule has 1 N–H and O–H groups in total. The van der Waals surface area contributed by atoms with Gasteiger partial charge in [0.25, 0.3) is 0 Å². The van der Waals surface area contributed by atoms with E-state index in [1.165, 1.54) is 11.1 Å². The minimum Gasteiger partial charge on any atom is -0.508 e. The van der Waals surface area contributed by atoms with Crippen molar-refractivity contribution in [1.29, 1.82) is 0 Å². The predicted octanol–water partition coefficient (Wildman–Crippen LogP) is 4.55. The lowest BCUT2D eigenvalue weighted by Gasteiger charge is -2.22. The molecule has 0 bridgehead atoms. The smallest absolute Gasteiger partial charge is 0.117 e. The zero-order valence-corrected chi connectivity index (χ0v) is 13.0. The zero-order chi connectivity index (χ0) is 13.5. The van der Waals surface area contributed by atoms with Crippen molar-refractivity contribution in [1.82, 2.24) is 0 Å². The molecule has 0 fully saturated rings. The number of hydrogen-bond donors (Lipinski definition) is 1. The molecule has 0 unspecified atom stereocenters. The molecule has 0 aromatic heterocycles. The van der Waals surface area contributed by atoms with Crippen LogP contribution in [-0.4, -0.2) is 18.2 Å². The molecule has 0 aliphatic rings. The molecule has 0 aliphatic carbocycles. The molecule has 0 atom stereocenters. The summed E-state index contributed by atoms with van der Waals surface area (Å²) in [5, 5.41) is 9.56. The maximum absolute atomic E-state index is 9.56. The van der Waals surface area contributed by atoms with Crippen molar-refractivity contribution in [3.63, 3.8) is 0 Å². The summed E-state index contributed by atoms with van der Waals surface area (Å²) in [5.41, 5.74) is 3.65. The molecule has 1 aromatic carbocycles. The number of benzene rings is 1. The van der Waals surface area contributed by atoms with Crippen LogP contribution in [0.15, 0.2) is 47.6 Å². The predicted molar refractivity (Wildman–Crippen MR) is 86.4 cm³/mol. The minimum absolute atomic E-state index is 0. The standard InChI is InChI=1S/C16H23NO.ClH/c1-13(2)8-10-17(11-9-14(3)4)15-6-5-7-16(18)12-15;/h5-9,12,18H,10-11H2,1-4H3;1H. The van der Waals surface area contributed by atoms with Crippen LogP contribution in [0.25, 0.3) is 0 Å². The topological polar surface area (TPSA) is 23.5 Å². The van der Waals surface area contributed by atoms with Crippen LogP contribution < -0.4 is 4.90 Å². The van der Waals surface area contributed by atoms with Crippen molar-refractivity contribution in [3.8, 4) is 5.75 Å². The summed E-state index contributed by atoms with van der Waals surface area (Å²) in [4.78, 5) is 2.24. The fraction of sp³-hybridized carbons (Fsp3) is 0.375. The van der Waals surface area contributed by atoms with Crippen LogP contribution in [0.3, 0.4) is 0 Å². The molecule has 0 heterocycles. The van der Waals surface area contributed by atoms with Gasteiger partial charge in [0.1, 0.15) is 5.75 Å². The van der Waals surface area contributed by atoms with E-state index in [9.17, 15) is 5.11 Å². The van der Waals surface area contributed by atoms with E-state index in [4.69, 9.17) is 0 Å². The first kappa shape index (κ1) is 17.6. The third-order valence-electron chi connectivity index (χ3n) is 2.63. The number of halogens is 1. The summed E-state index contributed by atoms with van der Waals surface area (Å²) in [6, 6.07) is 7.40. The normalized spacial score (nSPS) is 9.26. The van der Waals surface area contributed by atoms with Crippen molar-refractivity contribution >= 4 is 18.1 Å². The Morgan fingerprint density at radius 3 is 2.00 bits per heavy atom. The molecule has 0 radical (unpaired) electrons. The molecule has 0 saturated heterocycles. The molecule has 3 heteroatoms. The van der Waals surface area contributed by atoms with Crippen molar-refractivity contribution in [2.24, 2.45) is 0 Å². The second kappa shape index (κ2) is 8.65. The molecule has 1 rings (SSSR count). The molecule has 0 amide bonds. The largest absolute Gasteiger partial charge is 0.508 e. The van der Waals surface area contributed by atoms with Crippen LogP contribution in [0.4, 0.5) is 5.69 Å². The quantitative estimate of drug-likeness (QED) is 0.800. The zero-order valence-electron chi connectivity index (χ0n) is 12.2. The third-order valence-corrected chi connectivity index (χ3v) is 2.63. The number of rotatable bonds is 5. The van der Waals surface area contributed by atoms with E-state index in [0.717, 1.165) is 18.8 Å². The number of allylic oxidation sites excluding steroid dienone is 2. The Kier molecular flexibility index (Phi) is 8.01. The molecule has 0 saturated carbocycles. The van der Waals surface area contributed by atoms with Crippen LogP contribution >= 0.6 is 12.4 Å². The van der Waals surface area contributed by atoms with Crippen LogP contribution in [0.1, 0.15) is 27.7 Å². The van der Waals surface area contributed by atoms with Gasteiger partial charge in [0.2, 0.25) is 0 Å². The van der Waals surface area contributed by atoms with Gasteiger partial charge >= 0.3 is 0 Å². The lowest BCUT2D eigenvalue weighted by atomic mass is 10.2. The lowest BCUT2D eigenvalue weighted by molar-refractivity contribution is 0.475. The summed E-state index contributed by atoms with van der Waals surface area (Å²) in [6.07, 6.45) is 4.39. The summed E-state index contributed by atoms with van der Waals surface area (Å²) in [6.45, 7) is 10.1. The van der Waals surface area contributed by atoms with E-state index < -0.39 is 0 Å². The summed E-state index contributed by atoms with van der Waals surface area (Å²) < 4.78 is 0. The van der Waals surface area contributed by atoms with Crippen LogP contribution in [0.5, 0.6) is 5.75 Å². The van der Waals surface area contributed by atoms with E-state index in [1.807, 2.05) is 12.1 Å². The maximum atomic E-state index is 9.56. The van der Waals surface area contributed by atoms with Crippen LogP contribution in [-0.2, 0) is 0 Å². The molecule has 1 aromatic rings. The Balaban J connectivity index is 0.00000324. The summed E-state index contributed by atoms with van der Waals surface area (Å²) >= 11 is 0. The highest BCUT2D eigenvalue weighted by molar-refractivity contribution is 5.85. The number of anilines is 1. The Bertz CT molecular complexity index is 424. The monoisotopic (exact) mass is 281 g/mol. The van der Waals surface area contributed by atoms with Gasteiger partial charge < -0.3 is 10.0 Å². The van der Waals surface area contributed by atoms with E-state index in [0.29, 0.717) is 5.75 Å². The molecule has 0 spiro atoms. The van der Waals surface area contributed by atoms with Gasteiger partial charge in [-0.15, -0.1) is 12.4 Å². The van der Waals surface area contributed by atoms with E-state index in [-0.39, 0.29) is 12.4 Å². The van der Waals surface area contributed by atoms with E-state index in [1.54, 1.807) is 12.1 Å². The van der Waals surface area contributed by atoms with Gasteiger partial charge in [-0.05, 0) is 39.8 Å². The van der Waals surface area contributed by atoms with Gasteiger partial charge in [0.05, 0.1) is 0 Å². The number of hydrogen-bond acceptors (Lipinski definition) is 2. The molecule has 19 heavy (non-hydrogen) atoms.